The molecular weight excluding hydrogens is 486 g/mol. The van der Waals surface area contributed by atoms with E-state index in [1.807, 2.05) is 54.6 Å². The largest absolute Gasteiger partial charge is 0.489 e. The van der Waals surface area contributed by atoms with E-state index in [1.165, 1.54) is 0 Å². The molecule has 39 heavy (non-hydrogen) atoms. The van der Waals surface area contributed by atoms with Crippen LogP contribution in [0.5, 0.6) is 5.75 Å². The molecule has 0 N–H and O–H groups in total. The average molecular weight is 528 g/mol. The van der Waals surface area contributed by atoms with E-state index < -0.39 is 0 Å². The van der Waals surface area contributed by atoms with Crippen LogP contribution in [0, 0.1) is 10.8 Å². The summed E-state index contributed by atoms with van der Waals surface area (Å²) in [5.74, 6) is 0.771. The van der Waals surface area contributed by atoms with E-state index >= 15 is 0 Å². The number of hydrogen-bond donors (Lipinski definition) is 0. The van der Waals surface area contributed by atoms with Crippen LogP contribution in [0.3, 0.4) is 0 Å². The molecule has 0 bridgehead atoms. The molecule has 0 fully saturated rings. The van der Waals surface area contributed by atoms with Gasteiger partial charge in [0.25, 0.3) is 0 Å². The molecule has 5 heteroatoms. The lowest BCUT2D eigenvalue weighted by Crippen LogP contribution is -2.44. The van der Waals surface area contributed by atoms with Crippen molar-refractivity contribution in [3.63, 3.8) is 0 Å². The Morgan fingerprint density at radius 1 is 0.795 bits per heavy atom. The lowest BCUT2D eigenvalue weighted by molar-refractivity contribution is -0.119. The van der Waals surface area contributed by atoms with Crippen LogP contribution < -0.4 is 4.74 Å². The number of benzene rings is 2. The van der Waals surface area contributed by atoms with E-state index in [1.54, 1.807) is 7.11 Å². The second kappa shape index (κ2) is 10.8. The summed E-state index contributed by atoms with van der Waals surface area (Å²) >= 11 is 0. The third-order valence-corrected chi connectivity index (χ3v) is 8.21. The number of carbonyl (C=O) groups excluding carboxylic acids is 2. The van der Waals surface area contributed by atoms with E-state index in [2.05, 4.69) is 32.6 Å². The smallest absolute Gasteiger partial charge is 0.162 e. The first-order chi connectivity index (χ1) is 18.6. The zero-order valence-corrected chi connectivity index (χ0v) is 24.0. The fraction of sp³-hybridized carbons (Fsp3) is 0.471. The summed E-state index contributed by atoms with van der Waals surface area (Å²) < 4.78 is 11.4. The number of allylic oxidation sites excluding steroid dienone is 4. The van der Waals surface area contributed by atoms with Crippen LogP contribution in [0.1, 0.15) is 76.8 Å². The molecule has 5 rings (SSSR count). The third-order valence-electron chi connectivity index (χ3n) is 8.21. The number of rotatable bonds is 8. The van der Waals surface area contributed by atoms with Crippen molar-refractivity contribution in [3.8, 4) is 5.75 Å². The molecular formula is C34H41NO4. The van der Waals surface area contributed by atoms with Crippen molar-refractivity contribution in [2.24, 2.45) is 10.8 Å². The second-order valence-corrected chi connectivity index (χ2v) is 12.9. The van der Waals surface area contributed by atoms with E-state index in [-0.39, 0.29) is 28.3 Å². The third kappa shape index (κ3) is 5.74. The van der Waals surface area contributed by atoms with Crippen LogP contribution in [0.4, 0.5) is 0 Å². The lowest BCUT2D eigenvalue weighted by Gasteiger charge is -2.49. The molecule has 1 heterocycles. The number of carbonyl (C=O) groups is 2. The van der Waals surface area contributed by atoms with Crippen molar-refractivity contribution in [1.29, 1.82) is 0 Å². The zero-order valence-electron chi connectivity index (χ0n) is 24.0. The standard InChI is InChI=1S/C34H41NO4/c1-33(2)18-26-31(28(36)20-33)30(24-12-14-25(15-13-24)39-22-23-10-7-6-8-11-23)32-27(35(26)16-9-17-38-5)19-34(3,4)21-29(32)37/h6-8,10-15,30H,9,16-22H2,1-5H3. The van der Waals surface area contributed by atoms with Crippen molar-refractivity contribution in [3.05, 3.63) is 88.3 Å². The SMILES string of the molecule is COCCCN1C2=C(C(=O)CC(C)(C)C2)C(c2ccc(OCc3ccccc3)cc2)C2=C1CC(C)(C)CC2=O. The fourth-order valence-electron chi connectivity index (χ4n) is 6.52. The molecule has 0 spiro atoms. The molecule has 0 aromatic heterocycles. The monoisotopic (exact) mass is 527 g/mol. The van der Waals surface area contributed by atoms with E-state index in [0.717, 1.165) is 65.2 Å². The highest BCUT2D eigenvalue weighted by molar-refractivity contribution is 6.06. The summed E-state index contributed by atoms with van der Waals surface area (Å²) in [7, 11) is 1.72. The Labute approximate surface area is 232 Å². The van der Waals surface area contributed by atoms with Gasteiger partial charge in [-0.1, -0.05) is 70.2 Å². The van der Waals surface area contributed by atoms with Gasteiger partial charge < -0.3 is 14.4 Å². The van der Waals surface area contributed by atoms with Crippen LogP contribution in [0.2, 0.25) is 0 Å². The molecule has 0 radical (unpaired) electrons. The van der Waals surface area contributed by atoms with Gasteiger partial charge in [0.1, 0.15) is 12.4 Å². The maximum atomic E-state index is 13.9. The van der Waals surface area contributed by atoms with Crippen LogP contribution in [0.25, 0.3) is 0 Å². The average Bonchev–Trinajstić information content (AvgIpc) is 2.87. The summed E-state index contributed by atoms with van der Waals surface area (Å²) in [4.78, 5) is 30.1. The summed E-state index contributed by atoms with van der Waals surface area (Å²) in [6, 6.07) is 18.1. The van der Waals surface area contributed by atoms with Crippen LogP contribution in [-0.4, -0.2) is 36.7 Å². The number of ether oxygens (including phenoxy) is 2. The normalized spacial score (nSPS) is 20.7. The Balaban J connectivity index is 1.56. The van der Waals surface area contributed by atoms with E-state index in [0.29, 0.717) is 26.1 Å². The molecule has 2 aromatic rings. The number of ketones is 2. The lowest BCUT2D eigenvalue weighted by atomic mass is 9.63. The first-order valence-electron chi connectivity index (χ1n) is 14.1. The molecule has 3 aliphatic rings. The van der Waals surface area contributed by atoms with Gasteiger partial charge in [0.2, 0.25) is 0 Å². The second-order valence-electron chi connectivity index (χ2n) is 12.9. The highest BCUT2D eigenvalue weighted by Gasteiger charge is 2.48. The molecule has 1 aliphatic heterocycles. The van der Waals surface area contributed by atoms with Crippen LogP contribution >= 0.6 is 0 Å². The molecule has 2 aromatic carbocycles. The Bertz CT molecular complexity index is 1250. The predicted molar refractivity (Wildman–Crippen MR) is 153 cm³/mol. The van der Waals surface area contributed by atoms with Gasteiger partial charge in [-0.3, -0.25) is 9.59 Å². The molecule has 0 atom stereocenters. The van der Waals surface area contributed by atoms with Gasteiger partial charge in [-0.05, 0) is 53.4 Å². The first-order valence-corrected chi connectivity index (χ1v) is 14.1. The molecule has 0 saturated heterocycles. The van der Waals surface area contributed by atoms with Gasteiger partial charge in [0, 0.05) is 61.6 Å². The fourth-order valence-corrected chi connectivity index (χ4v) is 6.52. The predicted octanol–water partition coefficient (Wildman–Crippen LogP) is 6.99. The Kier molecular flexibility index (Phi) is 7.56. The number of hydrogen-bond acceptors (Lipinski definition) is 5. The van der Waals surface area contributed by atoms with E-state index in [4.69, 9.17) is 9.47 Å². The summed E-state index contributed by atoms with van der Waals surface area (Å²) in [6.07, 6.45) is 3.47. The van der Waals surface area contributed by atoms with Crippen LogP contribution in [0.15, 0.2) is 77.1 Å². The Morgan fingerprint density at radius 3 is 1.90 bits per heavy atom. The van der Waals surface area contributed by atoms with Crippen molar-refractivity contribution >= 4 is 11.6 Å². The minimum Gasteiger partial charge on any atom is -0.489 e. The number of nitrogens with zero attached hydrogens (tertiary/aromatic N) is 1. The Morgan fingerprint density at radius 2 is 1.36 bits per heavy atom. The topological polar surface area (TPSA) is 55.8 Å². The summed E-state index contributed by atoms with van der Waals surface area (Å²) in [6.45, 7) is 10.6. The minimum absolute atomic E-state index is 0.124. The zero-order chi connectivity index (χ0) is 27.8. The summed E-state index contributed by atoms with van der Waals surface area (Å²) in [5.41, 5.74) is 5.69. The van der Waals surface area contributed by atoms with Gasteiger partial charge in [0.05, 0.1) is 0 Å². The minimum atomic E-state index is -0.330. The van der Waals surface area contributed by atoms with Crippen LogP contribution in [-0.2, 0) is 20.9 Å². The molecule has 0 unspecified atom stereocenters. The summed E-state index contributed by atoms with van der Waals surface area (Å²) in [5, 5.41) is 0. The molecule has 206 valence electrons. The van der Waals surface area contributed by atoms with Gasteiger partial charge in [0.15, 0.2) is 11.6 Å². The first kappa shape index (κ1) is 27.4. The number of Topliss-reactive ketones (excluding diaryl/α,β-unsaturated/α-hetero) is 2. The van der Waals surface area contributed by atoms with Gasteiger partial charge in [-0.25, -0.2) is 0 Å². The van der Waals surface area contributed by atoms with Crippen molar-refractivity contribution < 1.29 is 19.1 Å². The van der Waals surface area contributed by atoms with Gasteiger partial charge in [-0.15, -0.1) is 0 Å². The quantitative estimate of drug-likeness (QED) is 0.347. The van der Waals surface area contributed by atoms with Crippen molar-refractivity contribution in [1.82, 2.24) is 4.90 Å². The number of methoxy groups -OCH3 is 1. The maximum Gasteiger partial charge on any atom is 0.162 e. The molecule has 0 saturated carbocycles. The molecule has 0 amide bonds. The van der Waals surface area contributed by atoms with Crippen molar-refractivity contribution in [2.45, 2.75) is 72.3 Å². The maximum absolute atomic E-state index is 13.9. The molecule has 5 nitrogen and oxygen atoms in total. The van der Waals surface area contributed by atoms with E-state index in [9.17, 15) is 9.59 Å². The van der Waals surface area contributed by atoms with Gasteiger partial charge >= 0.3 is 0 Å². The highest BCUT2D eigenvalue weighted by Crippen LogP contribution is 2.54. The van der Waals surface area contributed by atoms with Gasteiger partial charge in [-0.2, -0.15) is 0 Å². The Hall–Kier alpha value is -3.18. The highest BCUT2D eigenvalue weighted by atomic mass is 16.5. The van der Waals surface area contributed by atoms with Crippen molar-refractivity contribution in [2.75, 3.05) is 20.3 Å². The molecule has 2 aliphatic carbocycles.